The van der Waals surface area contributed by atoms with E-state index in [1.54, 1.807) is 24.4 Å². The quantitative estimate of drug-likeness (QED) is 0.314. The van der Waals surface area contributed by atoms with Crippen molar-refractivity contribution in [3.8, 4) is 17.0 Å². The summed E-state index contributed by atoms with van der Waals surface area (Å²) in [4.78, 5) is 12.6. The monoisotopic (exact) mass is 539 g/mol. The molecule has 170 valence electrons. The number of benzene rings is 2. The zero-order valence-electron chi connectivity index (χ0n) is 16.5. The van der Waals surface area contributed by atoms with Crippen molar-refractivity contribution in [3.05, 3.63) is 81.3 Å². The van der Waals surface area contributed by atoms with Gasteiger partial charge in [-0.1, -0.05) is 17.7 Å². The van der Waals surface area contributed by atoms with Crippen LogP contribution in [0.15, 0.2) is 59.2 Å². The predicted octanol–water partition coefficient (Wildman–Crippen LogP) is 5.73. The molecule has 0 fully saturated rings. The number of ether oxygens (including phenoxy) is 1. The first-order valence-corrected chi connectivity index (χ1v) is 10.5. The fourth-order valence-electron chi connectivity index (χ4n) is 2.98. The molecule has 0 saturated carbocycles. The molecular weight excluding hydrogens is 527 g/mol. The van der Waals surface area contributed by atoms with Crippen molar-refractivity contribution >= 4 is 39.3 Å². The second-order valence-corrected chi connectivity index (χ2v) is 8.01. The SMILES string of the molecule is O=C(Nc1nn(Cc2c(F)cccc2Cl)cc1Br)c1cc(-c2ccc(OC(F)F)cc2)n[nH]1. The number of aromatic nitrogens is 4. The molecule has 0 radical (unpaired) electrons. The van der Waals surface area contributed by atoms with Gasteiger partial charge in [0.2, 0.25) is 0 Å². The summed E-state index contributed by atoms with van der Waals surface area (Å²) >= 11 is 9.38. The van der Waals surface area contributed by atoms with Crippen molar-refractivity contribution in [2.45, 2.75) is 13.2 Å². The highest BCUT2D eigenvalue weighted by Gasteiger charge is 2.16. The van der Waals surface area contributed by atoms with Gasteiger partial charge in [-0.05, 0) is 58.4 Å². The molecule has 0 aliphatic carbocycles. The van der Waals surface area contributed by atoms with Gasteiger partial charge in [-0.15, -0.1) is 0 Å². The highest BCUT2D eigenvalue weighted by atomic mass is 79.9. The van der Waals surface area contributed by atoms with E-state index >= 15 is 0 Å². The number of hydrogen-bond donors (Lipinski definition) is 2. The van der Waals surface area contributed by atoms with E-state index in [-0.39, 0.29) is 34.4 Å². The number of alkyl halides is 2. The van der Waals surface area contributed by atoms with E-state index in [0.29, 0.717) is 15.7 Å². The molecule has 33 heavy (non-hydrogen) atoms. The zero-order valence-corrected chi connectivity index (χ0v) is 18.9. The van der Waals surface area contributed by atoms with Crippen LogP contribution in [0.4, 0.5) is 19.0 Å². The van der Waals surface area contributed by atoms with Gasteiger partial charge in [-0.25, -0.2) is 4.39 Å². The van der Waals surface area contributed by atoms with Crippen LogP contribution in [0.3, 0.4) is 0 Å². The Morgan fingerprint density at radius 1 is 1.24 bits per heavy atom. The van der Waals surface area contributed by atoms with E-state index in [1.165, 1.54) is 35.0 Å². The first-order chi connectivity index (χ1) is 15.8. The van der Waals surface area contributed by atoms with Gasteiger partial charge < -0.3 is 10.1 Å². The second kappa shape index (κ2) is 9.67. The van der Waals surface area contributed by atoms with Crippen molar-refractivity contribution in [1.29, 1.82) is 0 Å². The molecule has 2 aromatic carbocycles. The number of rotatable bonds is 7. The fourth-order valence-corrected chi connectivity index (χ4v) is 3.61. The molecule has 0 bridgehead atoms. The van der Waals surface area contributed by atoms with Crippen LogP contribution in [0, 0.1) is 5.82 Å². The molecule has 4 rings (SSSR count). The van der Waals surface area contributed by atoms with E-state index in [9.17, 15) is 18.0 Å². The maximum atomic E-state index is 14.0. The lowest BCUT2D eigenvalue weighted by molar-refractivity contribution is -0.0498. The molecule has 1 amide bonds. The van der Waals surface area contributed by atoms with Gasteiger partial charge in [0.1, 0.15) is 17.3 Å². The van der Waals surface area contributed by atoms with E-state index in [0.717, 1.165) is 0 Å². The first-order valence-electron chi connectivity index (χ1n) is 9.38. The Morgan fingerprint density at radius 3 is 2.70 bits per heavy atom. The Morgan fingerprint density at radius 2 is 2.00 bits per heavy atom. The van der Waals surface area contributed by atoms with Crippen LogP contribution in [0.2, 0.25) is 5.02 Å². The van der Waals surface area contributed by atoms with Crippen molar-refractivity contribution in [3.63, 3.8) is 0 Å². The summed E-state index contributed by atoms with van der Waals surface area (Å²) in [6.45, 7) is -2.84. The minimum Gasteiger partial charge on any atom is -0.435 e. The number of nitrogens with one attached hydrogen (secondary N) is 2. The number of carbonyl (C=O) groups is 1. The first kappa shape index (κ1) is 22.9. The van der Waals surface area contributed by atoms with E-state index in [2.05, 4.69) is 41.3 Å². The lowest BCUT2D eigenvalue weighted by Gasteiger charge is -2.06. The molecule has 2 N–H and O–H groups in total. The Hall–Kier alpha value is -3.31. The van der Waals surface area contributed by atoms with Crippen LogP contribution in [0.1, 0.15) is 16.1 Å². The topological polar surface area (TPSA) is 84.8 Å². The molecule has 0 spiro atoms. The molecule has 0 aliphatic heterocycles. The van der Waals surface area contributed by atoms with Crippen molar-refractivity contribution in [2.75, 3.05) is 5.32 Å². The molecule has 2 aromatic heterocycles. The van der Waals surface area contributed by atoms with Gasteiger partial charge in [0.05, 0.1) is 16.7 Å². The second-order valence-electron chi connectivity index (χ2n) is 6.75. The van der Waals surface area contributed by atoms with Gasteiger partial charge in [0.25, 0.3) is 5.91 Å². The van der Waals surface area contributed by atoms with Gasteiger partial charge in [-0.2, -0.15) is 19.0 Å². The van der Waals surface area contributed by atoms with E-state index in [4.69, 9.17) is 11.6 Å². The highest BCUT2D eigenvalue weighted by molar-refractivity contribution is 9.10. The minimum atomic E-state index is -2.91. The number of anilines is 1. The third-order valence-electron chi connectivity index (χ3n) is 4.53. The smallest absolute Gasteiger partial charge is 0.387 e. The summed E-state index contributed by atoms with van der Waals surface area (Å²) < 4.78 is 44.8. The van der Waals surface area contributed by atoms with Gasteiger partial charge in [0, 0.05) is 22.3 Å². The number of carbonyl (C=O) groups excluding carboxylic acids is 1. The van der Waals surface area contributed by atoms with Crippen molar-refractivity contribution in [1.82, 2.24) is 20.0 Å². The summed E-state index contributed by atoms with van der Waals surface area (Å²) in [5, 5.41) is 13.9. The Kier molecular flexibility index (Phi) is 6.70. The van der Waals surface area contributed by atoms with E-state index in [1.807, 2.05) is 0 Å². The zero-order chi connectivity index (χ0) is 23.5. The lowest BCUT2D eigenvalue weighted by atomic mass is 10.1. The van der Waals surface area contributed by atoms with Crippen LogP contribution in [0.5, 0.6) is 5.75 Å². The molecule has 7 nitrogen and oxygen atoms in total. The highest BCUT2D eigenvalue weighted by Crippen LogP contribution is 2.26. The van der Waals surface area contributed by atoms with Crippen LogP contribution >= 0.6 is 27.5 Å². The molecule has 0 aliphatic rings. The summed E-state index contributed by atoms with van der Waals surface area (Å²) in [7, 11) is 0. The Bertz CT molecular complexity index is 1270. The molecule has 0 saturated heterocycles. The number of amides is 1. The largest absolute Gasteiger partial charge is 0.435 e. The van der Waals surface area contributed by atoms with Crippen LogP contribution in [-0.4, -0.2) is 32.5 Å². The molecular formula is C21H14BrClF3N5O2. The number of halogens is 5. The summed E-state index contributed by atoms with van der Waals surface area (Å²) in [5.41, 5.74) is 1.45. The number of nitrogens with zero attached hydrogens (tertiary/aromatic N) is 3. The maximum Gasteiger partial charge on any atom is 0.387 e. The van der Waals surface area contributed by atoms with Crippen molar-refractivity contribution in [2.24, 2.45) is 0 Å². The van der Waals surface area contributed by atoms with Gasteiger partial charge in [-0.3, -0.25) is 14.6 Å². The summed E-state index contributed by atoms with van der Waals surface area (Å²) in [5.74, 6) is -0.740. The lowest BCUT2D eigenvalue weighted by Crippen LogP contribution is -2.13. The number of hydrogen-bond acceptors (Lipinski definition) is 4. The normalized spacial score (nSPS) is 11.1. The maximum absolute atomic E-state index is 14.0. The van der Waals surface area contributed by atoms with E-state index < -0.39 is 18.3 Å². The third-order valence-corrected chi connectivity index (χ3v) is 5.46. The van der Waals surface area contributed by atoms with Crippen LogP contribution < -0.4 is 10.1 Å². The molecule has 12 heteroatoms. The average Bonchev–Trinajstić information content (AvgIpc) is 3.38. The molecule has 4 aromatic rings. The number of H-pyrrole nitrogens is 1. The Labute approximate surface area is 198 Å². The molecule has 0 atom stereocenters. The minimum absolute atomic E-state index is 0.0133. The van der Waals surface area contributed by atoms with Crippen LogP contribution in [0.25, 0.3) is 11.3 Å². The third kappa shape index (κ3) is 5.37. The summed E-state index contributed by atoms with van der Waals surface area (Å²) in [6, 6.07) is 11.7. The van der Waals surface area contributed by atoms with Crippen molar-refractivity contribution < 1.29 is 22.7 Å². The standard InChI is InChI=1S/C21H14BrClF3N5O2/c22-14-10-31(9-13-15(23)2-1-3-16(13)24)30-19(14)27-20(32)18-8-17(28-29-18)11-4-6-12(7-5-11)33-21(25)26/h1-8,10,21H,9H2,(H,28,29)(H,27,30,32). The average molecular weight is 541 g/mol. The number of aromatic amines is 1. The molecule has 0 unspecified atom stereocenters. The summed E-state index contributed by atoms with van der Waals surface area (Å²) in [6.07, 6.45) is 1.58. The van der Waals surface area contributed by atoms with Gasteiger partial charge >= 0.3 is 6.61 Å². The fraction of sp³-hybridized carbons (Fsp3) is 0.0952. The predicted molar refractivity (Wildman–Crippen MR) is 119 cm³/mol. The van der Waals surface area contributed by atoms with Crippen LogP contribution in [-0.2, 0) is 6.54 Å². The van der Waals surface area contributed by atoms with Gasteiger partial charge in [0.15, 0.2) is 5.82 Å². The Balaban J connectivity index is 1.45. The molecule has 2 heterocycles.